The average molecular weight is 490 g/mol. The number of rotatable bonds is 4. The lowest BCUT2D eigenvalue weighted by Crippen LogP contribution is -2.54. The van der Waals surface area contributed by atoms with Crippen molar-refractivity contribution >= 4 is 35.8 Å². The number of fused-ring (bicyclic) bond motifs is 2. The van der Waals surface area contributed by atoms with E-state index in [2.05, 4.69) is 32.6 Å². The first kappa shape index (κ1) is 22.8. The highest BCUT2D eigenvalue weighted by atomic mass is 16.3. The third-order valence-corrected chi connectivity index (χ3v) is 7.90. The SMILES string of the molecule is O=C1CCC(N2C(=O)c3ccc(C4(O)CCN(CC5C=c6[nH]ncc6=CC5)CC4)cc3C2=O)C(=O)N1. The van der Waals surface area contributed by atoms with Gasteiger partial charge in [-0.3, -0.25) is 34.5 Å². The number of aromatic nitrogens is 2. The second kappa shape index (κ2) is 8.49. The predicted molar refractivity (Wildman–Crippen MR) is 128 cm³/mol. The van der Waals surface area contributed by atoms with Gasteiger partial charge in [0.15, 0.2) is 0 Å². The lowest BCUT2D eigenvalue weighted by atomic mass is 9.83. The summed E-state index contributed by atoms with van der Waals surface area (Å²) in [6, 6.07) is 3.87. The Morgan fingerprint density at radius 3 is 2.64 bits per heavy atom. The third-order valence-electron chi connectivity index (χ3n) is 7.90. The van der Waals surface area contributed by atoms with Gasteiger partial charge in [0.25, 0.3) is 11.8 Å². The Bertz CT molecular complexity index is 1400. The van der Waals surface area contributed by atoms with Crippen LogP contribution < -0.4 is 15.9 Å². The van der Waals surface area contributed by atoms with Crippen molar-refractivity contribution in [3.8, 4) is 0 Å². The van der Waals surface area contributed by atoms with E-state index in [1.807, 2.05) is 6.20 Å². The van der Waals surface area contributed by atoms with Crippen molar-refractivity contribution in [2.45, 2.75) is 43.7 Å². The van der Waals surface area contributed by atoms with Crippen LogP contribution in [0, 0.1) is 5.92 Å². The molecule has 186 valence electrons. The van der Waals surface area contributed by atoms with E-state index in [1.54, 1.807) is 18.2 Å². The molecule has 10 nitrogen and oxygen atoms in total. The Kier molecular flexibility index (Phi) is 5.38. The molecule has 4 aliphatic rings. The van der Waals surface area contributed by atoms with Gasteiger partial charge in [-0.1, -0.05) is 18.2 Å². The Hall–Kier alpha value is -3.63. The van der Waals surface area contributed by atoms with Crippen LogP contribution in [0.15, 0.2) is 24.4 Å². The molecule has 0 saturated carbocycles. The number of likely N-dealkylation sites (tertiary alicyclic amines) is 1. The molecule has 2 aromatic rings. The molecule has 4 heterocycles. The maximum absolute atomic E-state index is 13.2. The minimum atomic E-state index is -1.10. The number of carbonyl (C=O) groups is 4. The summed E-state index contributed by atoms with van der Waals surface area (Å²) >= 11 is 0. The Morgan fingerprint density at radius 2 is 1.86 bits per heavy atom. The van der Waals surface area contributed by atoms with Gasteiger partial charge in [-0.05, 0) is 49.3 Å². The Morgan fingerprint density at radius 1 is 1.08 bits per heavy atom. The number of nitrogens with zero attached hydrogens (tertiary/aromatic N) is 3. The zero-order valence-electron chi connectivity index (χ0n) is 19.7. The van der Waals surface area contributed by atoms with Gasteiger partial charge in [0.1, 0.15) is 6.04 Å². The van der Waals surface area contributed by atoms with Gasteiger partial charge in [-0.2, -0.15) is 5.10 Å². The van der Waals surface area contributed by atoms with Crippen LogP contribution in [0.25, 0.3) is 12.2 Å². The largest absolute Gasteiger partial charge is 0.385 e. The quantitative estimate of drug-likeness (QED) is 0.487. The van der Waals surface area contributed by atoms with Crippen molar-refractivity contribution < 1.29 is 24.3 Å². The molecule has 1 aliphatic carbocycles. The van der Waals surface area contributed by atoms with Crippen molar-refractivity contribution in [1.29, 1.82) is 0 Å². The number of piperidine rings is 2. The number of imide groups is 2. The highest BCUT2D eigenvalue weighted by molar-refractivity contribution is 6.23. The lowest BCUT2D eigenvalue weighted by Gasteiger charge is -2.39. The first-order valence-corrected chi connectivity index (χ1v) is 12.3. The summed E-state index contributed by atoms with van der Waals surface area (Å²) in [5.41, 5.74) is -0.0834. The lowest BCUT2D eigenvalue weighted by molar-refractivity contribution is -0.136. The van der Waals surface area contributed by atoms with E-state index in [0.29, 0.717) is 37.4 Å². The fraction of sp³-hybridized carbons (Fsp3) is 0.423. The van der Waals surface area contributed by atoms with Gasteiger partial charge < -0.3 is 10.0 Å². The third kappa shape index (κ3) is 3.77. The summed E-state index contributed by atoms with van der Waals surface area (Å²) in [6.45, 7) is 2.31. The molecule has 0 radical (unpaired) electrons. The molecule has 4 amide bonds. The second-order valence-electron chi connectivity index (χ2n) is 10.1. The molecule has 2 saturated heterocycles. The van der Waals surface area contributed by atoms with E-state index < -0.39 is 35.3 Å². The topological polar surface area (TPSA) is 136 Å². The second-order valence-corrected chi connectivity index (χ2v) is 10.1. The van der Waals surface area contributed by atoms with Crippen LogP contribution in [-0.2, 0) is 15.2 Å². The molecule has 36 heavy (non-hydrogen) atoms. The number of hydrogen-bond donors (Lipinski definition) is 3. The molecule has 0 spiro atoms. The fourth-order valence-electron chi connectivity index (χ4n) is 5.80. The molecule has 10 heteroatoms. The average Bonchev–Trinajstić information content (AvgIpc) is 3.43. The maximum Gasteiger partial charge on any atom is 0.262 e. The van der Waals surface area contributed by atoms with Crippen LogP contribution in [0.1, 0.15) is 58.4 Å². The summed E-state index contributed by atoms with van der Waals surface area (Å²) in [5, 5.41) is 23.0. The Labute approximate surface area is 206 Å². The van der Waals surface area contributed by atoms with E-state index in [9.17, 15) is 24.3 Å². The van der Waals surface area contributed by atoms with Crippen LogP contribution in [0.3, 0.4) is 0 Å². The van der Waals surface area contributed by atoms with Crippen molar-refractivity contribution in [3.63, 3.8) is 0 Å². The standard InChI is InChI=1S/C26H27N5O5/c32-22-6-5-21(23(33)28-22)31-24(34)18-4-3-17(12-19(18)25(31)35)26(36)7-9-30(10-8-26)14-15-1-2-16-13-27-29-20(16)11-15/h2-4,11-13,15,21,29,36H,1,5-10,14H2,(H,28,32,33). The van der Waals surface area contributed by atoms with E-state index in [-0.39, 0.29) is 24.0 Å². The van der Waals surface area contributed by atoms with Crippen LogP contribution in [-0.4, -0.2) is 74.4 Å². The summed E-state index contributed by atoms with van der Waals surface area (Å²) in [5.74, 6) is -1.77. The van der Waals surface area contributed by atoms with Crippen molar-refractivity contribution in [2.24, 2.45) is 5.92 Å². The van der Waals surface area contributed by atoms with Gasteiger partial charge in [-0.15, -0.1) is 0 Å². The zero-order valence-corrected chi connectivity index (χ0v) is 19.7. The van der Waals surface area contributed by atoms with Gasteiger partial charge in [0.05, 0.1) is 28.3 Å². The number of benzene rings is 1. The van der Waals surface area contributed by atoms with E-state index in [1.165, 1.54) is 0 Å². The molecule has 1 aromatic heterocycles. The smallest absolute Gasteiger partial charge is 0.262 e. The molecule has 3 N–H and O–H groups in total. The van der Waals surface area contributed by atoms with Crippen LogP contribution in [0.5, 0.6) is 0 Å². The molecular weight excluding hydrogens is 462 g/mol. The summed E-state index contributed by atoms with van der Waals surface area (Å²) in [6.07, 6.45) is 8.42. The summed E-state index contributed by atoms with van der Waals surface area (Å²) in [7, 11) is 0. The first-order chi connectivity index (χ1) is 17.3. The first-order valence-electron chi connectivity index (χ1n) is 12.3. The molecule has 1 aromatic carbocycles. The molecule has 3 aliphatic heterocycles. The monoisotopic (exact) mass is 489 g/mol. The number of hydrogen-bond acceptors (Lipinski definition) is 7. The molecular formula is C26H27N5O5. The number of amides is 4. The van der Waals surface area contributed by atoms with Gasteiger partial charge in [0, 0.05) is 31.3 Å². The summed E-state index contributed by atoms with van der Waals surface area (Å²) < 4.78 is 0. The van der Waals surface area contributed by atoms with E-state index in [4.69, 9.17) is 0 Å². The normalized spacial score (nSPS) is 25.6. The summed E-state index contributed by atoms with van der Waals surface area (Å²) in [4.78, 5) is 53.2. The number of nitrogens with one attached hydrogen (secondary N) is 2. The van der Waals surface area contributed by atoms with Gasteiger partial charge >= 0.3 is 0 Å². The molecule has 2 unspecified atom stereocenters. The van der Waals surface area contributed by atoms with Gasteiger partial charge in [0.2, 0.25) is 11.8 Å². The van der Waals surface area contributed by atoms with Crippen LogP contribution >= 0.6 is 0 Å². The van der Waals surface area contributed by atoms with Gasteiger partial charge in [-0.25, -0.2) is 0 Å². The number of H-pyrrole nitrogens is 1. The number of aliphatic hydroxyl groups is 1. The molecule has 2 fully saturated rings. The molecule has 2 atom stereocenters. The van der Waals surface area contributed by atoms with Crippen molar-refractivity contribution in [2.75, 3.05) is 19.6 Å². The minimum Gasteiger partial charge on any atom is -0.385 e. The van der Waals surface area contributed by atoms with Crippen molar-refractivity contribution in [3.05, 3.63) is 51.7 Å². The van der Waals surface area contributed by atoms with Crippen LogP contribution in [0.4, 0.5) is 0 Å². The highest BCUT2D eigenvalue weighted by Crippen LogP contribution is 2.36. The molecule has 6 rings (SSSR count). The van der Waals surface area contributed by atoms with Crippen LogP contribution in [0.2, 0.25) is 0 Å². The highest BCUT2D eigenvalue weighted by Gasteiger charge is 2.45. The van der Waals surface area contributed by atoms with E-state index in [0.717, 1.165) is 28.4 Å². The number of carbonyl (C=O) groups excluding carboxylic acids is 4. The minimum absolute atomic E-state index is 0.0744. The number of aromatic amines is 1. The fourth-order valence-corrected chi connectivity index (χ4v) is 5.80. The Balaban J connectivity index is 1.15. The molecule has 0 bridgehead atoms. The van der Waals surface area contributed by atoms with Crippen molar-refractivity contribution in [1.82, 2.24) is 25.3 Å². The maximum atomic E-state index is 13.2. The zero-order chi connectivity index (χ0) is 25.0. The van der Waals surface area contributed by atoms with E-state index >= 15 is 0 Å². The predicted octanol–water partition coefficient (Wildman–Crippen LogP) is -0.625.